The van der Waals surface area contributed by atoms with Crippen LogP contribution in [0.25, 0.3) is 0 Å². The van der Waals surface area contributed by atoms with Gasteiger partial charge in [0.25, 0.3) is 5.91 Å². The first-order chi connectivity index (χ1) is 8.72. The van der Waals surface area contributed by atoms with Gasteiger partial charge in [0, 0.05) is 19.6 Å². The molecule has 0 fully saturated rings. The Morgan fingerprint density at radius 1 is 1.22 bits per heavy atom. The third-order valence-electron chi connectivity index (χ3n) is 2.64. The van der Waals surface area contributed by atoms with Crippen molar-refractivity contribution in [2.45, 2.75) is 33.6 Å². The molecule has 4 nitrogen and oxygen atoms in total. The number of carbonyl (C=O) groups excluding carboxylic acids is 1. The average molecular weight is 249 g/mol. The Balaban J connectivity index is 2.74. The van der Waals surface area contributed by atoms with Crippen LogP contribution in [0.1, 0.15) is 44.1 Å². The highest BCUT2D eigenvalue weighted by Crippen LogP contribution is 2.09. The lowest BCUT2D eigenvalue weighted by Gasteiger charge is -2.21. The predicted octanol–water partition coefficient (Wildman–Crippen LogP) is 2.78. The van der Waals surface area contributed by atoms with Gasteiger partial charge in [0.05, 0.1) is 11.9 Å². The van der Waals surface area contributed by atoms with Gasteiger partial charge in [0.2, 0.25) is 0 Å². The van der Waals surface area contributed by atoms with Crippen LogP contribution in [-0.4, -0.2) is 35.4 Å². The van der Waals surface area contributed by atoms with Crippen LogP contribution in [0.2, 0.25) is 0 Å². The largest absolute Gasteiger partial charge is 0.384 e. The number of hydrogen-bond donors (Lipinski definition) is 1. The number of carbonyl (C=O) groups is 1. The number of anilines is 1. The number of nitrogens with zero attached hydrogens (tertiary/aromatic N) is 2. The number of amides is 1. The van der Waals surface area contributed by atoms with Crippen LogP contribution in [0.3, 0.4) is 0 Å². The fourth-order valence-corrected chi connectivity index (χ4v) is 1.85. The van der Waals surface area contributed by atoms with Gasteiger partial charge >= 0.3 is 0 Å². The molecule has 0 bridgehead atoms. The second-order valence-electron chi connectivity index (χ2n) is 4.25. The van der Waals surface area contributed by atoms with Crippen LogP contribution in [0, 0.1) is 0 Å². The molecule has 0 unspecified atom stereocenters. The lowest BCUT2D eigenvalue weighted by atomic mass is 10.2. The normalized spacial score (nSPS) is 10.2. The van der Waals surface area contributed by atoms with E-state index >= 15 is 0 Å². The summed E-state index contributed by atoms with van der Waals surface area (Å²) in [5.41, 5.74) is 1.48. The van der Waals surface area contributed by atoms with Crippen molar-refractivity contribution in [1.82, 2.24) is 9.88 Å². The Kier molecular flexibility index (Phi) is 6.19. The SMILES string of the molecule is CCCN(CCC)C(=O)c1ccc(NCC)cn1. The van der Waals surface area contributed by atoms with E-state index in [1.807, 2.05) is 17.9 Å². The second-order valence-corrected chi connectivity index (χ2v) is 4.25. The molecule has 1 heterocycles. The highest BCUT2D eigenvalue weighted by molar-refractivity contribution is 5.92. The van der Waals surface area contributed by atoms with Gasteiger partial charge in [-0.2, -0.15) is 0 Å². The Labute approximate surface area is 109 Å². The lowest BCUT2D eigenvalue weighted by Crippen LogP contribution is -2.33. The van der Waals surface area contributed by atoms with Gasteiger partial charge in [-0.15, -0.1) is 0 Å². The first kappa shape index (κ1) is 14.5. The van der Waals surface area contributed by atoms with E-state index in [1.165, 1.54) is 0 Å². The van der Waals surface area contributed by atoms with E-state index in [0.29, 0.717) is 5.69 Å². The molecule has 1 rings (SSSR count). The van der Waals surface area contributed by atoms with Crippen LogP contribution >= 0.6 is 0 Å². The number of nitrogens with one attached hydrogen (secondary N) is 1. The maximum absolute atomic E-state index is 12.2. The van der Waals surface area contributed by atoms with E-state index in [4.69, 9.17) is 0 Å². The minimum Gasteiger partial charge on any atom is -0.384 e. The molecule has 100 valence electrons. The maximum atomic E-state index is 12.2. The van der Waals surface area contributed by atoms with Crippen LogP contribution in [-0.2, 0) is 0 Å². The molecule has 1 N–H and O–H groups in total. The van der Waals surface area contributed by atoms with E-state index in [-0.39, 0.29) is 5.91 Å². The van der Waals surface area contributed by atoms with Gasteiger partial charge in [-0.05, 0) is 31.9 Å². The van der Waals surface area contributed by atoms with Crippen LogP contribution in [0.15, 0.2) is 18.3 Å². The van der Waals surface area contributed by atoms with Crippen molar-refractivity contribution >= 4 is 11.6 Å². The van der Waals surface area contributed by atoms with Gasteiger partial charge in [0.1, 0.15) is 5.69 Å². The molecule has 0 saturated carbocycles. The zero-order valence-electron chi connectivity index (χ0n) is 11.6. The van der Waals surface area contributed by atoms with E-state index in [2.05, 4.69) is 24.1 Å². The Morgan fingerprint density at radius 2 is 1.89 bits per heavy atom. The van der Waals surface area contributed by atoms with Gasteiger partial charge in [-0.25, -0.2) is 4.98 Å². The molecular weight excluding hydrogens is 226 g/mol. The summed E-state index contributed by atoms with van der Waals surface area (Å²) < 4.78 is 0. The standard InChI is InChI=1S/C14H23N3O/c1-4-9-17(10-5-2)14(18)13-8-7-12(11-16-13)15-6-3/h7-8,11,15H,4-6,9-10H2,1-3H3. The molecule has 4 heteroatoms. The summed E-state index contributed by atoms with van der Waals surface area (Å²) in [7, 11) is 0. The lowest BCUT2D eigenvalue weighted by molar-refractivity contribution is 0.0750. The van der Waals surface area contributed by atoms with Crippen molar-refractivity contribution in [3.8, 4) is 0 Å². The molecule has 0 aliphatic heterocycles. The molecule has 0 atom stereocenters. The summed E-state index contributed by atoms with van der Waals surface area (Å²) in [5.74, 6) is 0.0294. The average Bonchev–Trinajstić information content (AvgIpc) is 2.39. The number of pyridine rings is 1. The summed E-state index contributed by atoms with van der Waals surface area (Å²) >= 11 is 0. The van der Waals surface area contributed by atoms with E-state index in [9.17, 15) is 4.79 Å². The summed E-state index contributed by atoms with van der Waals surface area (Å²) in [6, 6.07) is 3.69. The van der Waals surface area contributed by atoms with Crippen molar-refractivity contribution < 1.29 is 4.79 Å². The Bertz CT molecular complexity index is 356. The third-order valence-corrected chi connectivity index (χ3v) is 2.64. The number of rotatable bonds is 7. The summed E-state index contributed by atoms with van der Waals surface area (Å²) in [5, 5.41) is 3.17. The quantitative estimate of drug-likeness (QED) is 0.808. The first-order valence-electron chi connectivity index (χ1n) is 6.72. The molecule has 0 aliphatic carbocycles. The number of aromatic nitrogens is 1. The Hall–Kier alpha value is -1.58. The van der Waals surface area contributed by atoms with Crippen LogP contribution in [0.4, 0.5) is 5.69 Å². The van der Waals surface area contributed by atoms with Gasteiger partial charge in [-0.3, -0.25) is 4.79 Å². The molecule has 18 heavy (non-hydrogen) atoms. The highest BCUT2D eigenvalue weighted by atomic mass is 16.2. The van der Waals surface area contributed by atoms with E-state index < -0.39 is 0 Å². The molecule has 0 spiro atoms. The van der Waals surface area contributed by atoms with Crippen molar-refractivity contribution in [3.05, 3.63) is 24.0 Å². The molecule has 1 amide bonds. The van der Waals surface area contributed by atoms with Crippen molar-refractivity contribution in [2.24, 2.45) is 0 Å². The molecule has 1 aromatic rings. The zero-order valence-corrected chi connectivity index (χ0v) is 11.6. The molecule has 0 radical (unpaired) electrons. The fourth-order valence-electron chi connectivity index (χ4n) is 1.85. The van der Waals surface area contributed by atoms with Crippen LogP contribution < -0.4 is 5.32 Å². The maximum Gasteiger partial charge on any atom is 0.272 e. The molecule has 0 saturated heterocycles. The summed E-state index contributed by atoms with van der Waals surface area (Å²) in [6.45, 7) is 8.64. The van der Waals surface area contributed by atoms with Crippen molar-refractivity contribution in [1.29, 1.82) is 0 Å². The predicted molar refractivity (Wildman–Crippen MR) is 74.9 cm³/mol. The van der Waals surface area contributed by atoms with E-state index in [1.54, 1.807) is 12.3 Å². The molecule has 0 aromatic carbocycles. The van der Waals surface area contributed by atoms with E-state index in [0.717, 1.165) is 38.2 Å². The summed E-state index contributed by atoms with van der Waals surface area (Å²) in [6.07, 6.45) is 3.66. The van der Waals surface area contributed by atoms with Crippen molar-refractivity contribution in [2.75, 3.05) is 25.0 Å². The molecule has 1 aromatic heterocycles. The fraction of sp³-hybridized carbons (Fsp3) is 0.571. The van der Waals surface area contributed by atoms with Gasteiger partial charge in [0.15, 0.2) is 0 Å². The monoisotopic (exact) mass is 249 g/mol. The second kappa shape index (κ2) is 7.69. The Morgan fingerprint density at radius 3 is 2.33 bits per heavy atom. The zero-order chi connectivity index (χ0) is 13.4. The number of hydrogen-bond acceptors (Lipinski definition) is 3. The topological polar surface area (TPSA) is 45.2 Å². The first-order valence-corrected chi connectivity index (χ1v) is 6.72. The van der Waals surface area contributed by atoms with Gasteiger partial charge < -0.3 is 10.2 Å². The summed E-state index contributed by atoms with van der Waals surface area (Å²) in [4.78, 5) is 18.3. The van der Waals surface area contributed by atoms with Crippen molar-refractivity contribution in [3.63, 3.8) is 0 Å². The smallest absolute Gasteiger partial charge is 0.272 e. The van der Waals surface area contributed by atoms with Gasteiger partial charge in [-0.1, -0.05) is 13.8 Å². The highest BCUT2D eigenvalue weighted by Gasteiger charge is 2.15. The molecular formula is C14H23N3O. The van der Waals surface area contributed by atoms with Crippen LogP contribution in [0.5, 0.6) is 0 Å². The minimum absolute atomic E-state index is 0.0294. The minimum atomic E-state index is 0.0294. The molecule has 0 aliphatic rings. The third kappa shape index (κ3) is 4.02.